The summed E-state index contributed by atoms with van der Waals surface area (Å²) < 4.78 is 13.0. The summed E-state index contributed by atoms with van der Waals surface area (Å²) in [6.07, 6.45) is 3.08. The molecule has 1 aromatic carbocycles. The molecular formula is C10H9FN4O2. The van der Waals surface area contributed by atoms with Gasteiger partial charge in [0.25, 0.3) is 5.69 Å². The number of benzene rings is 1. The van der Waals surface area contributed by atoms with Crippen molar-refractivity contribution >= 4 is 11.4 Å². The molecule has 0 fully saturated rings. The molecule has 2 rings (SSSR count). The molecule has 0 unspecified atom stereocenters. The second-order valence-corrected chi connectivity index (χ2v) is 3.35. The number of rotatable bonds is 4. The van der Waals surface area contributed by atoms with Crippen LogP contribution in [-0.2, 0) is 6.54 Å². The van der Waals surface area contributed by atoms with E-state index in [2.05, 4.69) is 15.3 Å². The van der Waals surface area contributed by atoms with Crippen molar-refractivity contribution in [3.63, 3.8) is 0 Å². The second kappa shape index (κ2) is 4.60. The van der Waals surface area contributed by atoms with Gasteiger partial charge < -0.3 is 10.3 Å². The van der Waals surface area contributed by atoms with Crippen molar-refractivity contribution in [1.29, 1.82) is 0 Å². The van der Waals surface area contributed by atoms with Crippen LogP contribution in [-0.4, -0.2) is 14.9 Å². The van der Waals surface area contributed by atoms with Crippen LogP contribution in [0.5, 0.6) is 0 Å². The largest absolute Gasteiger partial charge is 0.374 e. The van der Waals surface area contributed by atoms with E-state index in [9.17, 15) is 14.5 Å². The lowest BCUT2D eigenvalue weighted by Gasteiger charge is -2.05. The summed E-state index contributed by atoms with van der Waals surface area (Å²) in [5.74, 6) is -0.525. The van der Waals surface area contributed by atoms with Crippen molar-refractivity contribution in [3.8, 4) is 0 Å². The van der Waals surface area contributed by atoms with Crippen LogP contribution in [0.2, 0.25) is 0 Å². The van der Waals surface area contributed by atoms with Gasteiger partial charge in [-0.25, -0.2) is 9.37 Å². The third kappa shape index (κ3) is 2.57. The number of anilines is 1. The average Bonchev–Trinajstić information content (AvgIpc) is 2.78. The lowest BCUT2D eigenvalue weighted by Crippen LogP contribution is -2.03. The SMILES string of the molecule is O=[N+]([O-])c1ccc(F)cc1NCc1cnc[nH]1. The topological polar surface area (TPSA) is 83.8 Å². The van der Waals surface area contributed by atoms with Crippen LogP contribution in [0.15, 0.2) is 30.7 Å². The quantitative estimate of drug-likeness (QED) is 0.628. The number of hydrogen-bond donors (Lipinski definition) is 2. The van der Waals surface area contributed by atoms with Gasteiger partial charge in [-0.3, -0.25) is 10.1 Å². The standard InChI is InChI=1S/C10H9FN4O2/c11-7-1-2-10(15(16)17)9(3-7)13-5-8-4-12-6-14-8/h1-4,6,13H,5H2,(H,12,14). The number of H-pyrrole nitrogens is 1. The molecule has 0 saturated heterocycles. The fourth-order valence-electron chi connectivity index (χ4n) is 1.38. The minimum absolute atomic E-state index is 0.143. The summed E-state index contributed by atoms with van der Waals surface area (Å²) >= 11 is 0. The lowest BCUT2D eigenvalue weighted by molar-refractivity contribution is -0.384. The molecule has 2 aromatic rings. The zero-order valence-electron chi connectivity index (χ0n) is 8.68. The Balaban J connectivity index is 2.19. The number of nitro groups is 1. The van der Waals surface area contributed by atoms with Gasteiger partial charge in [-0.05, 0) is 6.07 Å². The Kier molecular flexibility index (Phi) is 2.99. The normalized spacial score (nSPS) is 10.2. The molecule has 88 valence electrons. The number of nitrogens with one attached hydrogen (secondary N) is 2. The fraction of sp³-hybridized carbons (Fsp3) is 0.100. The summed E-state index contributed by atoms with van der Waals surface area (Å²) in [5, 5.41) is 13.5. The number of imidazole rings is 1. The average molecular weight is 236 g/mol. The van der Waals surface area contributed by atoms with E-state index in [0.29, 0.717) is 6.54 Å². The van der Waals surface area contributed by atoms with Gasteiger partial charge in [0.05, 0.1) is 23.5 Å². The van der Waals surface area contributed by atoms with E-state index >= 15 is 0 Å². The van der Waals surface area contributed by atoms with Crippen molar-refractivity contribution < 1.29 is 9.31 Å². The molecule has 0 bridgehead atoms. The molecule has 0 amide bonds. The lowest BCUT2D eigenvalue weighted by atomic mass is 10.2. The van der Waals surface area contributed by atoms with Gasteiger partial charge in [0.2, 0.25) is 0 Å². The molecular weight excluding hydrogens is 227 g/mol. The Morgan fingerprint density at radius 2 is 2.35 bits per heavy atom. The van der Waals surface area contributed by atoms with Gasteiger partial charge in [0.1, 0.15) is 11.5 Å². The highest BCUT2D eigenvalue weighted by molar-refractivity contribution is 5.61. The summed E-state index contributed by atoms with van der Waals surface area (Å²) in [6, 6.07) is 3.28. The molecule has 0 radical (unpaired) electrons. The molecule has 0 atom stereocenters. The highest BCUT2D eigenvalue weighted by atomic mass is 19.1. The molecule has 0 aliphatic carbocycles. The zero-order chi connectivity index (χ0) is 12.3. The predicted octanol–water partition coefficient (Wildman–Crippen LogP) is 2.07. The van der Waals surface area contributed by atoms with Gasteiger partial charge in [-0.2, -0.15) is 0 Å². The van der Waals surface area contributed by atoms with Crippen LogP contribution in [0.3, 0.4) is 0 Å². The Bertz CT molecular complexity index is 527. The summed E-state index contributed by atoms with van der Waals surface area (Å²) in [7, 11) is 0. The number of aromatic amines is 1. The molecule has 0 aliphatic heterocycles. The maximum atomic E-state index is 13.0. The van der Waals surface area contributed by atoms with Gasteiger partial charge >= 0.3 is 0 Å². The van der Waals surface area contributed by atoms with Crippen molar-refractivity contribution in [2.45, 2.75) is 6.54 Å². The number of hydrogen-bond acceptors (Lipinski definition) is 4. The van der Waals surface area contributed by atoms with Gasteiger partial charge in [0.15, 0.2) is 0 Å². The highest BCUT2D eigenvalue weighted by Crippen LogP contribution is 2.25. The van der Waals surface area contributed by atoms with Crippen LogP contribution < -0.4 is 5.32 Å². The fourth-order valence-corrected chi connectivity index (χ4v) is 1.38. The first-order valence-electron chi connectivity index (χ1n) is 4.82. The van der Waals surface area contributed by atoms with E-state index in [-0.39, 0.29) is 11.4 Å². The van der Waals surface area contributed by atoms with E-state index < -0.39 is 10.7 Å². The summed E-state index contributed by atoms with van der Waals surface area (Å²) in [4.78, 5) is 16.8. The van der Waals surface area contributed by atoms with Crippen molar-refractivity contribution in [2.24, 2.45) is 0 Å². The smallest absolute Gasteiger partial charge is 0.292 e. The van der Waals surface area contributed by atoms with Gasteiger partial charge in [0, 0.05) is 18.3 Å². The molecule has 1 heterocycles. The summed E-state index contributed by atoms with van der Waals surface area (Å²) in [5.41, 5.74) is 0.735. The van der Waals surface area contributed by atoms with Gasteiger partial charge in [-0.1, -0.05) is 0 Å². The third-order valence-corrected chi connectivity index (χ3v) is 2.18. The van der Waals surface area contributed by atoms with Crippen LogP contribution >= 0.6 is 0 Å². The van der Waals surface area contributed by atoms with E-state index in [0.717, 1.165) is 23.9 Å². The minimum Gasteiger partial charge on any atom is -0.374 e. The first-order chi connectivity index (χ1) is 8.16. The first kappa shape index (κ1) is 11.1. The molecule has 6 nitrogen and oxygen atoms in total. The van der Waals surface area contributed by atoms with E-state index in [1.807, 2.05) is 0 Å². The maximum Gasteiger partial charge on any atom is 0.292 e. The van der Waals surface area contributed by atoms with Crippen LogP contribution in [0.1, 0.15) is 5.69 Å². The van der Waals surface area contributed by atoms with Crippen molar-refractivity contribution in [1.82, 2.24) is 9.97 Å². The predicted molar refractivity (Wildman–Crippen MR) is 59.0 cm³/mol. The number of aromatic nitrogens is 2. The number of nitrogens with zero attached hydrogens (tertiary/aromatic N) is 2. The number of nitro benzene ring substituents is 1. The number of halogens is 1. The van der Waals surface area contributed by atoms with E-state index in [1.54, 1.807) is 6.20 Å². The molecule has 7 heteroatoms. The van der Waals surface area contributed by atoms with E-state index in [1.165, 1.54) is 6.33 Å². The molecule has 17 heavy (non-hydrogen) atoms. The Morgan fingerprint density at radius 1 is 1.53 bits per heavy atom. The van der Waals surface area contributed by atoms with Crippen LogP contribution in [0.25, 0.3) is 0 Å². The third-order valence-electron chi connectivity index (χ3n) is 2.18. The Morgan fingerprint density at radius 3 is 3.00 bits per heavy atom. The molecule has 1 aromatic heterocycles. The molecule has 0 aliphatic rings. The van der Waals surface area contributed by atoms with Crippen LogP contribution in [0, 0.1) is 15.9 Å². The Hall–Kier alpha value is -2.44. The van der Waals surface area contributed by atoms with Crippen LogP contribution in [0.4, 0.5) is 15.8 Å². The zero-order valence-corrected chi connectivity index (χ0v) is 8.68. The van der Waals surface area contributed by atoms with Crippen molar-refractivity contribution in [2.75, 3.05) is 5.32 Å². The second-order valence-electron chi connectivity index (χ2n) is 3.35. The highest BCUT2D eigenvalue weighted by Gasteiger charge is 2.13. The monoisotopic (exact) mass is 236 g/mol. The Labute approximate surface area is 95.7 Å². The summed E-state index contributed by atoms with van der Waals surface area (Å²) in [6.45, 7) is 0.310. The molecule has 2 N–H and O–H groups in total. The van der Waals surface area contributed by atoms with E-state index in [4.69, 9.17) is 0 Å². The first-order valence-corrected chi connectivity index (χ1v) is 4.82. The minimum atomic E-state index is -0.561. The molecule has 0 saturated carbocycles. The molecule has 0 spiro atoms. The van der Waals surface area contributed by atoms with Gasteiger partial charge in [-0.15, -0.1) is 0 Å². The maximum absolute atomic E-state index is 13.0. The van der Waals surface area contributed by atoms with Crippen molar-refractivity contribution in [3.05, 3.63) is 52.3 Å².